The maximum atomic E-state index is 11.7. The highest BCUT2D eigenvalue weighted by atomic mass is 127. The van der Waals surface area contributed by atoms with Crippen LogP contribution in [0.5, 0.6) is 0 Å². The van der Waals surface area contributed by atoms with Crippen LogP contribution in [0, 0.1) is 5.92 Å². The summed E-state index contributed by atoms with van der Waals surface area (Å²) in [6.45, 7) is 8.02. The maximum absolute atomic E-state index is 11.7. The van der Waals surface area contributed by atoms with Gasteiger partial charge in [0.2, 0.25) is 5.91 Å². The molecule has 5 nitrogen and oxygen atoms in total. The second kappa shape index (κ2) is 13.9. The lowest BCUT2D eigenvalue weighted by atomic mass is 10.0. The Morgan fingerprint density at radius 3 is 2.48 bits per heavy atom. The van der Waals surface area contributed by atoms with E-state index in [1.54, 1.807) is 7.05 Å². The van der Waals surface area contributed by atoms with Crippen LogP contribution in [-0.4, -0.2) is 25.5 Å². The lowest BCUT2D eigenvalue weighted by Crippen LogP contribution is -2.39. The Labute approximate surface area is 169 Å². The smallest absolute Gasteiger partial charge is 0.224 e. The Morgan fingerprint density at radius 2 is 1.88 bits per heavy atom. The van der Waals surface area contributed by atoms with Crippen molar-refractivity contribution in [2.75, 3.05) is 18.9 Å². The van der Waals surface area contributed by atoms with Gasteiger partial charge in [0.15, 0.2) is 5.96 Å². The number of benzene rings is 1. The number of aliphatic imine (C=N–C) groups is 1. The number of carbonyl (C=O) groups excluding carboxylic acids is 1. The highest BCUT2D eigenvalue weighted by molar-refractivity contribution is 14.0. The van der Waals surface area contributed by atoms with Crippen molar-refractivity contribution in [1.82, 2.24) is 10.6 Å². The molecule has 0 unspecified atom stereocenters. The van der Waals surface area contributed by atoms with Crippen molar-refractivity contribution in [2.24, 2.45) is 10.9 Å². The Kier molecular flexibility index (Phi) is 13.2. The minimum absolute atomic E-state index is 0. The number of hydrogen-bond donors (Lipinski definition) is 3. The molecule has 0 atom stereocenters. The van der Waals surface area contributed by atoms with Gasteiger partial charge >= 0.3 is 0 Å². The zero-order chi connectivity index (χ0) is 17.8. The molecule has 1 aromatic rings. The first-order valence-electron chi connectivity index (χ1n) is 8.96. The summed E-state index contributed by atoms with van der Waals surface area (Å²) in [6.07, 6.45) is 3.74. The van der Waals surface area contributed by atoms with Crippen LogP contribution >= 0.6 is 24.0 Å². The average molecular weight is 460 g/mol. The number of rotatable bonds is 9. The zero-order valence-corrected chi connectivity index (χ0v) is 18.2. The van der Waals surface area contributed by atoms with E-state index in [1.165, 1.54) is 12.8 Å². The Hall–Kier alpha value is -1.31. The highest BCUT2D eigenvalue weighted by Crippen LogP contribution is 2.11. The molecule has 3 N–H and O–H groups in total. The summed E-state index contributed by atoms with van der Waals surface area (Å²) in [6, 6.07) is 7.90. The third-order valence-corrected chi connectivity index (χ3v) is 4.08. The molecule has 0 saturated heterocycles. The molecule has 0 aliphatic heterocycles. The van der Waals surface area contributed by atoms with Gasteiger partial charge in [-0.3, -0.25) is 9.79 Å². The summed E-state index contributed by atoms with van der Waals surface area (Å²) < 4.78 is 0. The number of nitrogens with one attached hydrogen (secondary N) is 3. The van der Waals surface area contributed by atoms with E-state index in [2.05, 4.69) is 34.8 Å². The molecule has 0 aliphatic carbocycles. The van der Waals surface area contributed by atoms with E-state index >= 15 is 0 Å². The first kappa shape index (κ1) is 23.7. The van der Waals surface area contributed by atoms with E-state index in [0.717, 1.165) is 30.2 Å². The molecule has 0 radical (unpaired) electrons. The second-order valence-corrected chi connectivity index (χ2v) is 5.99. The van der Waals surface area contributed by atoms with Gasteiger partial charge in [0.05, 0.1) is 0 Å². The molecule has 1 aromatic carbocycles. The standard InChI is InChI=1S/C19H32N4O.HI/c1-5-9-18(24)23-17-11-8-10-16(12-17)14-22-19(20-4)21-13-15(6-2)7-3;/h8,10-12,15H,5-7,9,13-14H2,1-4H3,(H,23,24)(H2,20,21,22);1H. The molecule has 0 bridgehead atoms. The maximum Gasteiger partial charge on any atom is 0.224 e. The molecule has 25 heavy (non-hydrogen) atoms. The van der Waals surface area contributed by atoms with Crippen molar-refractivity contribution >= 4 is 41.5 Å². The van der Waals surface area contributed by atoms with Crippen LogP contribution < -0.4 is 16.0 Å². The molecule has 0 aliphatic rings. The molecule has 6 heteroatoms. The molecule has 0 fully saturated rings. The fraction of sp³-hybridized carbons (Fsp3) is 0.579. The van der Waals surface area contributed by atoms with Crippen molar-refractivity contribution in [3.63, 3.8) is 0 Å². The third kappa shape index (κ3) is 9.67. The normalized spacial score (nSPS) is 11.0. The quantitative estimate of drug-likeness (QED) is 0.295. The van der Waals surface area contributed by atoms with E-state index in [1.807, 2.05) is 31.2 Å². The van der Waals surface area contributed by atoms with Gasteiger partial charge < -0.3 is 16.0 Å². The number of amides is 1. The van der Waals surface area contributed by atoms with Gasteiger partial charge in [-0.1, -0.05) is 45.7 Å². The first-order chi connectivity index (χ1) is 11.6. The van der Waals surface area contributed by atoms with Gasteiger partial charge in [-0.15, -0.1) is 24.0 Å². The van der Waals surface area contributed by atoms with E-state index in [4.69, 9.17) is 0 Å². The summed E-state index contributed by atoms with van der Waals surface area (Å²) in [5, 5.41) is 9.62. The minimum Gasteiger partial charge on any atom is -0.356 e. The number of halogens is 1. The fourth-order valence-electron chi connectivity index (χ4n) is 2.43. The predicted molar refractivity (Wildman–Crippen MR) is 118 cm³/mol. The monoisotopic (exact) mass is 460 g/mol. The average Bonchev–Trinajstić information content (AvgIpc) is 2.59. The van der Waals surface area contributed by atoms with Crippen molar-refractivity contribution in [3.8, 4) is 0 Å². The topological polar surface area (TPSA) is 65.5 Å². The van der Waals surface area contributed by atoms with Gasteiger partial charge in [0, 0.05) is 32.2 Å². The fourth-order valence-corrected chi connectivity index (χ4v) is 2.43. The molecule has 1 amide bonds. The van der Waals surface area contributed by atoms with Crippen LogP contribution in [0.15, 0.2) is 29.3 Å². The van der Waals surface area contributed by atoms with E-state index in [-0.39, 0.29) is 29.9 Å². The van der Waals surface area contributed by atoms with Crippen LogP contribution in [0.2, 0.25) is 0 Å². The van der Waals surface area contributed by atoms with E-state index in [9.17, 15) is 4.79 Å². The van der Waals surface area contributed by atoms with Crippen LogP contribution in [0.4, 0.5) is 5.69 Å². The van der Waals surface area contributed by atoms with Crippen LogP contribution in [-0.2, 0) is 11.3 Å². The van der Waals surface area contributed by atoms with Crippen LogP contribution in [0.1, 0.15) is 52.0 Å². The van der Waals surface area contributed by atoms with Crippen molar-refractivity contribution in [3.05, 3.63) is 29.8 Å². The minimum atomic E-state index is 0. The molecule has 0 aromatic heterocycles. The summed E-state index contributed by atoms with van der Waals surface area (Å²) in [4.78, 5) is 15.9. The Bertz CT molecular complexity index is 530. The van der Waals surface area contributed by atoms with Gasteiger partial charge in [-0.25, -0.2) is 0 Å². The molecule has 142 valence electrons. The van der Waals surface area contributed by atoms with E-state index in [0.29, 0.717) is 18.9 Å². The molecule has 0 spiro atoms. The van der Waals surface area contributed by atoms with Crippen molar-refractivity contribution in [1.29, 1.82) is 0 Å². The summed E-state index contributed by atoms with van der Waals surface area (Å²) in [5.74, 6) is 1.54. The molecular formula is C19H33IN4O. The number of guanidine groups is 1. The summed E-state index contributed by atoms with van der Waals surface area (Å²) in [5.41, 5.74) is 1.95. The molecule has 0 saturated carbocycles. The van der Waals surface area contributed by atoms with Crippen molar-refractivity contribution in [2.45, 2.75) is 53.0 Å². The third-order valence-electron chi connectivity index (χ3n) is 4.08. The van der Waals surface area contributed by atoms with E-state index < -0.39 is 0 Å². The zero-order valence-electron chi connectivity index (χ0n) is 15.9. The van der Waals surface area contributed by atoms with Gasteiger partial charge in [0.25, 0.3) is 0 Å². The molecule has 1 rings (SSSR count). The second-order valence-electron chi connectivity index (χ2n) is 5.99. The largest absolute Gasteiger partial charge is 0.356 e. The summed E-state index contributed by atoms with van der Waals surface area (Å²) in [7, 11) is 1.78. The SMILES string of the molecule is CCCC(=O)Nc1cccc(CNC(=NC)NCC(CC)CC)c1.I. The highest BCUT2D eigenvalue weighted by Gasteiger charge is 2.05. The molecular weight excluding hydrogens is 427 g/mol. The summed E-state index contributed by atoms with van der Waals surface area (Å²) >= 11 is 0. The Morgan fingerprint density at radius 1 is 1.16 bits per heavy atom. The van der Waals surface area contributed by atoms with Crippen LogP contribution in [0.25, 0.3) is 0 Å². The lowest BCUT2D eigenvalue weighted by Gasteiger charge is -2.17. The van der Waals surface area contributed by atoms with Crippen LogP contribution in [0.3, 0.4) is 0 Å². The number of carbonyl (C=O) groups is 1. The predicted octanol–water partition coefficient (Wildman–Crippen LogP) is 4.14. The van der Waals surface area contributed by atoms with Gasteiger partial charge in [0.1, 0.15) is 0 Å². The lowest BCUT2D eigenvalue weighted by molar-refractivity contribution is -0.116. The van der Waals surface area contributed by atoms with Crippen molar-refractivity contribution < 1.29 is 4.79 Å². The number of hydrogen-bond acceptors (Lipinski definition) is 2. The number of nitrogens with zero attached hydrogens (tertiary/aromatic N) is 1. The van der Waals surface area contributed by atoms with Gasteiger partial charge in [-0.05, 0) is 30.0 Å². The first-order valence-corrected chi connectivity index (χ1v) is 8.96. The number of anilines is 1. The Balaban J connectivity index is 0.00000576. The van der Waals surface area contributed by atoms with Gasteiger partial charge in [-0.2, -0.15) is 0 Å². The molecule has 0 heterocycles.